The summed E-state index contributed by atoms with van der Waals surface area (Å²) in [5.74, 6) is 0.284. The number of aliphatic hydroxyl groups excluding tert-OH is 1. The van der Waals surface area contributed by atoms with Crippen LogP contribution < -0.4 is 0 Å². The Kier molecular flexibility index (Phi) is 3.91. The SMILES string of the molecule is OC(c1ccc(Br)c(Cl)c1)C1CCOC2(CCC2)C1. The van der Waals surface area contributed by atoms with E-state index in [-0.39, 0.29) is 11.5 Å². The van der Waals surface area contributed by atoms with E-state index >= 15 is 0 Å². The van der Waals surface area contributed by atoms with Gasteiger partial charge in [0, 0.05) is 11.1 Å². The summed E-state index contributed by atoms with van der Waals surface area (Å²) in [4.78, 5) is 0. The highest BCUT2D eigenvalue weighted by Gasteiger charge is 2.44. The van der Waals surface area contributed by atoms with E-state index < -0.39 is 6.10 Å². The molecule has 1 saturated heterocycles. The fourth-order valence-corrected chi connectivity index (χ4v) is 3.66. The molecule has 1 saturated carbocycles. The molecule has 3 rings (SSSR count). The van der Waals surface area contributed by atoms with Crippen LogP contribution in [0.3, 0.4) is 0 Å². The number of ether oxygens (including phenoxy) is 1. The zero-order valence-corrected chi connectivity index (χ0v) is 13.1. The van der Waals surface area contributed by atoms with Crippen LogP contribution in [0.25, 0.3) is 0 Å². The summed E-state index contributed by atoms with van der Waals surface area (Å²) in [7, 11) is 0. The minimum atomic E-state index is -0.438. The highest BCUT2D eigenvalue weighted by Crippen LogP contribution is 2.47. The number of rotatable bonds is 2. The molecule has 2 aliphatic rings. The zero-order valence-electron chi connectivity index (χ0n) is 10.7. The number of hydrogen-bond donors (Lipinski definition) is 1. The Labute approximate surface area is 127 Å². The van der Waals surface area contributed by atoms with E-state index in [0.717, 1.165) is 42.3 Å². The molecule has 0 aromatic heterocycles. The van der Waals surface area contributed by atoms with Crippen molar-refractivity contribution in [3.8, 4) is 0 Å². The van der Waals surface area contributed by atoms with Crippen molar-refractivity contribution in [2.45, 2.75) is 43.8 Å². The normalized spacial score (nSPS) is 27.0. The van der Waals surface area contributed by atoms with E-state index in [9.17, 15) is 5.11 Å². The predicted molar refractivity (Wildman–Crippen MR) is 79.4 cm³/mol. The maximum Gasteiger partial charge on any atom is 0.0820 e. The summed E-state index contributed by atoms with van der Waals surface area (Å²) >= 11 is 9.49. The fourth-order valence-electron chi connectivity index (χ4n) is 3.22. The number of halogens is 2. The van der Waals surface area contributed by atoms with Gasteiger partial charge in [0.25, 0.3) is 0 Å². The summed E-state index contributed by atoms with van der Waals surface area (Å²) in [5, 5.41) is 11.2. The zero-order chi connectivity index (χ0) is 13.5. The van der Waals surface area contributed by atoms with E-state index in [1.165, 1.54) is 6.42 Å². The third kappa shape index (κ3) is 2.71. The van der Waals surface area contributed by atoms with Gasteiger partial charge < -0.3 is 9.84 Å². The van der Waals surface area contributed by atoms with Gasteiger partial charge in [-0.3, -0.25) is 0 Å². The van der Waals surface area contributed by atoms with Gasteiger partial charge in [-0.15, -0.1) is 0 Å². The molecule has 1 heterocycles. The molecule has 1 spiro atoms. The second-order valence-corrected chi connectivity index (χ2v) is 7.02. The van der Waals surface area contributed by atoms with Crippen molar-refractivity contribution in [2.75, 3.05) is 6.61 Å². The highest BCUT2D eigenvalue weighted by molar-refractivity contribution is 9.10. The first-order valence-corrected chi connectivity index (χ1v) is 8.04. The van der Waals surface area contributed by atoms with Crippen molar-refractivity contribution in [1.29, 1.82) is 0 Å². The van der Waals surface area contributed by atoms with Crippen molar-refractivity contribution in [3.05, 3.63) is 33.3 Å². The third-order valence-corrected chi connectivity index (χ3v) is 5.76. The molecule has 0 amide bonds. The Morgan fingerprint density at radius 2 is 2.21 bits per heavy atom. The Hall–Kier alpha value is -0.0900. The molecule has 1 aliphatic carbocycles. The van der Waals surface area contributed by atoms with E-state index in [4.69, 9.17) is 16.3 Å². The minimum Gasteiger partial charge on any atom is -0.388 e. The van der Waals surface area contributed by atoms with Crippen LogP contribution in [-0.2, 0) is 4.74 Å². The summed E-state index contributed by atoms with van der Waals surface area (Å²) in [5.41, 5.74) is 0.984. The van der Waals surface area contributed by atoms with Crippen molar-refractivity contribution in [3.63, 3.8) is 0 Å². The molecular formula is C15H18BrClO2. The van der Waals surface area contributed by atoms with Gasteiger partial charge >= 0.3 is 0 Å². The van der Waals surface area contributed by atoms with Gasteiger partial charge in [0.05, 0.1) is 16.7 Å². The van der Waals surface area contributed by atoms with Gasteiger partial charge in [-0.25, -0.2) is 0 Å². The van der Waals surface area contributed by atoms with Crippen LogP contribution in [0.15, 0.2) is 22.7 Å². The van der Waals surface area contributed by atoms with Crippen LogP contribution in [0.2, 0.25) is 5.02 Å². The van der Waals surface area contributed by atoms with Crippen molar-refractivity contribution in [2.24, 2.45) is 5.92 Å². The number of aliphatic hydroxyl groups is 1. The molecular weight excluding hydrogens is 328 g/mol. The van der Waals surface area contributed by atoms with Gasteiger partial charge in [0.1, 0.15) is 0 Å². The van der Waals surface area contributed by atoms with E-state index in [1.54, 1.807) is 0 Å². The molecule has 1 aromatic carbocycles. The second kappa shape index (κ2) is 5.36. The fraction of sp³-hybridized carbons (Fsp3) is 0.600. The molecule has 2 unspecified atom stereocenters. The van der Waals surface area contributed by atoms with E-state index in [0.29, 0.717) is 5.02 Å². The van der Waals surface area contributed by atoms with E-state index in [2.05, 4.69) is 15.9 Å². The first-order chi connectivity index (χ1) is 9.10. The Balaban J connectivity index is 1.75. The lowest BCUT2D eigenvalue weighted by Crippen LogP contribution is -2.46. The number of hydrogen-bond acceptors (Lipinski definition) is 2. The molecule has 2 fully saturated rings. The standard InChI is InChI=1S/C15H18BrClO2/c16-12-3-2-10(8-13(12)17)14(18)11-4-7-19-15(9-11)5-1-6-15/h2-3,8,11,14,18H,1,4-7,9H2. The maximum atomic E-state index is 10.6. The van der Waals surface area contributed by atoms with Gasteiger partial charge in [-0.2, -0.15) is 0 Å². The summed E-state index contributed by atoms with van der Waals surface area (Å²) in [6, 6.07) is 5.71. The Morgan fingerprint density at radius 3 is 2.84 bits per heavy atom. The summed E-state index contributed by atoms with van der Waals surface area (Å²) in [6.07, 6.45) is 5.02. The topological polar surface area (TPSA) is 29.5 Å². The lowest BCUT2D eigenvalue weighted by Gasteiger charge is -2.48. The van der Waals surface area contributed by atoms with Gasteiger partial charge in [-0.05, 0) is 71.6 Å². The molecule has 0 bridgehead atoms. The monoisotopic (exact) mass is 344 g/mol. The smallest absolute Gasteiger partial charge is 0.0820 e. The average molecular weight is 346 g/mol. The molecule has 1 aromatic rings. The lowest BCUT2D eigenvalue weighted by atomic mass is 9.70. The van der Waals surface area contributed by atoms with Crippen molar-refractivity contribution in [1.82, 2.24) is 0 Å². The minimum absolute atomic E-state index is 0.0725. The van der Waals surface area contributed by atoms with Crippen LogP contribution in [-0.4, -0.2) is 17.3 Å². The maximum absolute atomic E-state index is 10.6. The van der Waals surface area contributed by atoms with Crippen LogP contribution in [0.4, 0.5) is 0 Å². The summed E-state index contributed by atoms with van der Waals surface area (Å²) < 4.78 is 6.78. The van der Waals surface area contributed by atoms with Crippen molar-refractivity contribution < 1.29 is 9.84 Å². The molecule has 0 radical (unpaired) electrons. The van der Waals surface area contributed by atoms with Crippen LogP contribution in [0, 0.1) is 5.92 Å². The predicted octanol–water partition coefficient (Wildman–Crippen LogP) is 4.49. The molecule has 2 nitrogen and oxygen atoms in total. The summed E-state index contributed by atoms with van der Waals surface area (Å²) in [6.45, 7) is 0.770. The first kappa shape index (κ1) is 13.9. The Bertz CT molecular complexity index is 473. The average Bonchev–Trinajstić information content (AvgIpc) is 2.39. The van der Waals surface area contributed by atoms with E-state index in [1.807, 2.05) is 18.2 Å². The molecule has 1 N–H and O–H groups in total. The molecule has 1 aliphatic heterocycles. The quantitative estimate of drug-likeness (QED) is 0.856. The highest BCUT2D eigenvalue weighted by atomic mass is 79.9. The second-order valence-electron chi connectivity index (χ2n) is 5.76. The Morgan fingerprint density at radius 1 is 1.42 bits per heavy atom. The third-order valence-electron chi connectivity index (χ3n) is 4.53. The van der Waals surface area contributed by atoms with Gasteiger partial charge in [0.15, 0.2) is 0 Å². The van der Waals surface area contributed by atoms with Gasteiger partial charge in [-0.1, -0.05) is 17.7 Å². The van der Waals surface area contributed by atoms with Crippen LogP contribution in [0.1, 0.15) is 43.8 Å². The van der Waals surface area contributed by atoms with Gasteiger partial charge in [0.2, 0.25) is 0 Å². The van der Waals surface area contributed by atoms with Crippen molar-refractivity contribution >= 4 is 27.5 Å². The van der Waals surface area contributed by atoms with Crippen LogP contribution in [0.5, 0.6) is 0 Å². The molecule has 2 atom stereocenters. The first-order valence-electron chi connectivity index (χ1n) is 6.87. The molecule has 104 valence electrons. The van der Waals surface area contributed by atoms with Crippen LogP contribution >= 0.6 is 27.5 Å². The lowest BCUT2D eigenvalue weighted by molar-refractivity contribution is -0.157. The molecule has 4 heteroatoms. The number of benzene rings is 1. The largest absolute Gasteiger partial charge is 0.388 e. The molecule has 19 heavy (non-hydrogen) atoms.